The molecule has 2 N–H and O–H groups in total. The number of phenols is 1. The summed E-state index contributed by atoms with van der Waals surface area (Å²) in [7, 11) is 0. The molecule has 0 aromatic heterocycles. The summed E-state index contributed by atoms with van der Waals surface area (Å²) in [5, 5.41) is 12.5. The van der Waals surface area contributed by atoms with Crippen molar-refractivity contribution in [2.45, 2.75) is 13.0 Å². The monoisotopic (exact) mass is 319 g/mol. The van der Waals surface area contributed by atoms with Crippen LogP contribution in [-0.2, 0) is 9.53 Å². The summed E-state index contributed by atoms with van der Waals surface area (Å²) >= 11 is 5.94. The predicted octanol–water partition coefficient (Wildman–Crippen LogP) is 3.23. The molecule has 5 nitrogen and oxygen atoms in total. The third-order valence-electron chi connectivity index (χ3n) is 2.91. The molecule has 0 fully saturated rings. The Bertz CT molecular complexity index is 702. The van der Waals surface area contributed by atoms with Crippen LogP contribution in [0.1, 0.15) is 17.3 Å². The zero-order chi connectivity index (χ0) is 16.1. The van der Waals surface area contributed by atoms with Crippen molar-refractivity contribution in [3.05, 3.63) is 59.1 Å². The van der Waals surface area contributed by atoms with Gasteiger partial charge in [0.05, 0.1) is 10.7 Å². The van der Waals surface area contributed by atoms with Gasteiger partial charge in [0, 0.05) is 0 Å². The highest BCUT2D eigenvalue weighted by Gasteiger charge is 2.21. The van der Waals surface area contributed by atoms with Gasteiger partial charge in [-0.25, -0.2) is 4.79 Å². The van der Waals surface area contributed by atoms with Gasteiger partial charge in [0.1, 0.15) is 11.3 Å². The van der Waals surface area contributed by atoms with Gasteiger partial charge in [-0.1, -0.05) is 35.9 Å². The summed E-state index contributed by atoms with van der Waals surface area (Å²) in [5.41, 5.74) is 0.430. The van der Waals surface area contributed by atoms with Crippen molar-refractivity contribution in [2.75, 3.05) is 5.32 Å². The van der Waals surface area contributed by atoms with Crippen molar-refractivity contribution < 1.29 is 19.4 Å². The van der Waals surface area contributed by atoms with E-state index in [-0.39, 0.29) is 11.3 Å². The second kappa shape index (κ2) is 6.95. The van der Waals surface area contributed by atoms with Gasteiger partial charge in [0.25, 0.3) is 5.91 Å². The number of halogens is 1. The van der Waals surface area contributed by atoms with Gasteiger partial charge in [-0.15, -0.1) is 0 Å². The highest BCUT2D eigenvalue weighted by atomic mass is 35.5. The topological polar surface area (TPSA) is 75.6 Å². The first-order valence-electron chi connectivity index (χ1n) is 6.53. The number of ether oxygens (including phenoxy) is 1. The number of hydrogen-bond acceptors (Lipinski definition) is 4. The van der Waals surface area contributed by atoms with Gasteiger partial charge in [0.2, 0.25) is 0 Å². The van der Waals surface area contributed by atoms with E-state index < -0.39 is 18.0 Å². The summed E-state index contributed by atoms with van der Waals surface area (Å²) in [6, 6.07) is 12.7. The second-order valence-electron chi connectivity index (χ2n) is 4.53. The number of rotatable bonds is 4. The zero-order valence-electron chi connectivity index (χ0n) is 11.7. The van der Waals surface area contributed by atoms with Crippen LogP contribution in [0.3, 0.4) is 0 Å². The summed E-state index contributed by atoms with van der Waals surface area (Å²) in [5.74, 6) is -1.50. The molecule has 0 aliphatic heterocycles. The average molecular weight is 320 g/mol. The quantitative estimate of drug-likeness (QED) is 0.848. The van der Waals surface area contributed by atoms with Gasteiger partial charge in [0.15, 0.2) is 6.10 Å². The third kappa shape index (κ3) is 3.77. The fraction of sp³-hybridized carbons (Fsp3) is 0.125. The number of amides is 1. The van der Waals surface area contributed by atoms with Crippen LogP contribution in [0.2, 0.25) is 5.02 Å². The van der Waals surface area contributed by atoms with Crippen molar-refractivity contribution in [2.24, 2.45) is 0 Å². The van der Waals surface area contributed by atoms with Crippen LogP contribution in [0.25, 0.3) is 0 Å². The number of nitrogens with one attached hydrogen (secondary N) is 1. The van der Waals surface area contributed by atoms with E-state index in [2.05, 4.69) is 5.32 Å². The van der Waals surface area contributed by atoms with Crippen LogP contribution in [0.5, 0.6) is 5.75 Å². The molecule has 0 aliphatic rings. The van der Waals surface area contributed by atoms with E-state index in [0.717, 1.165) is 0 Å². The lowest BCUT2D eigenvalue weighted by Gasteiger charge is -2.14. The molecule has 1 atom stereocenters. The molecule has 2 rings (SSSR count). The van der Waals surface area contributed by atoms with Gasteiger partial charge in [-0.2, -0.15) is 0 Å². The van der Waals surface area contributed by atoms with Crippen LogP contribution in [0.15, 0.2) is 48.5 Å². The van der Waals surface area contributed by atoms with Crippen LogP contribution in [0, 0.1) is 0 Å². The fourth-order valence-electron chi connectivity index (χ4n) is 1.72. The first-order chi connectivity index (χ1) is 10.5. The molecule has 1 amide bonds. The molecule has 6 heteroatoms. The molecule has 0 bridgehead atoms. The largest absolute Gasteiger partial charge is 0.507 e. The Hall–Kier alpha value is -2.53. The van der Waals surface area contributed by atoms with Crippen molar-refractivity contribution in [1.82, 2.24) is 0 Å². The minimum Gasteiger partial charge on any atom is -0.507 e. The molecule has 22 heavy (non-hydrogen) atoms. The molecular formula is C16H14ClNO4. The molecule has 114 valence electrons. The van der Waals surface area contributed by atoms with E-state index in [0.29, 0.717) is 10.7 Å². The predicted molar refractivity (Wildman–Crippen MR) is 83.1 cm³/mol. The van der Waals surface area contributed by atoms with E-state index in [1.807, 2.05) is 0 Å². The van der Waals surface area contributed by atoms with E-state index >= 15 is 0 Å². The maximum atomic E-state index is 12.0. The normalized spacial score (nSPS) is 11.5. The van der Waals surface area contributed by atoms with Crippen molar-refractivity contribution >= 4 is 29.2 Å². The smallest absolute Gasteiger partial charge is 0.342 e. The highest BCUT2D eigenvalue weighted by molar-refractivity contribution is 6.33. The van der Waals surface area contributed by atoms with Gasteiger partial charge >= 0.3 is 5.97 Å². The number of benzene rings is 2. The fourth-order valence-corrected chi connectivity index (χ4v) is 1.90. The lowest BCUT2D eigenvalue weighted by atomic mass is 10.2. The molecule has 2 aromatic rings. The Morgan fingerprint density at radius 1 is 1.14 bits per heavy atom. The Kier molecular flexibility index (Phi) is 5.01. The number of carbonyl (C=O) groups is 2. The number of aromatic hydroxyl groups is 1. The lowest BCUT2D eigenvalue weighted by Crippen LogP contribution is -2.30. The molecule has 1 unspecified atom stereocenters. The SMILES string of the molecule is CC(OC(=O)c1ccccc1O)C(=O)Nc1ccccc1Cl. The van der Waals surface area contributed by atoms with Crippen LogP contribution >= 0.6 is 11.6 Å². The minimum absolute atomic E-state index is 0.0000986. The summed E-state index contributed by atoms with van der Waals surface area (Å²) in [6.45, 7) is 1.43. The van der Waals surface area contributed by atoms with E-state index in [4.69, 9.17) is 16.3 Å². The number of carbonyl (C=O) groups excluding carboxylic acids is 2. The molecule has 0 saturated carbocycles. The van der Waals surface area contributed by atoms with Crippen molar-refractivity contribution in [1.29, 1.82) is 0 Å². The first kappa shape index (κ1) is 15.9. The molecule has 0 saturated heterocycles. The summed E-state index contributed by atoms with van der Waals surface area (Å²) < 4.78 is 5.04. The number of hydrogen-bond donors (Lipinski definition) is 2. The molecule has 2 aromatic carbocycles. The van der Waals surface area contributed by atoms with Gasteiger partial charge in [-0.05, 0) is 31.2 Å². The molecule has 0 radical (unpaired) electrons. The molecule has 0 spiro atoms. The Morgan fingerprint density at radius 3 is 2.45 bits per heavy atom. The standard InChI is InChI=1S/C16H14ClNO4/c1-10(15(20)18-13-8-4-3-7-12(13)17)22-16(21)11-6-2-5-9-14(11)19/h2-10,19H,1H3,(H,18,20). The molecule has 0 aliphatic carbocycles. The lowest BCUT2D eigenvalue weighted by molar-refractivity contribution is -0.123. The maximum Gasteiger partial charge on any atom is 0.342 e. The summed E-state index contributed by atoms with van der Waals surface area (Å²) in [6.07, 6.45) is -1.04. The number of phenolic OH excluding ortho intramolecular Hbond substituents is 1. The average Bonchev–Trinajstić information content (AvgIpc) is 2.49. The van der Waals surface area contributed by atoms with Crippen LogP contribution in [-0.4, -0.2) is 23.1 Å². The van der Waals surface area contributed by atoms with E-state index in [9.17, 15) is 14.7 Å². The van der Waals surface area contributed by atoms with E-state index in [1.165, 1.54) is 19.1 Å². The molecular weight excluding hydrogens is 306 g/mol. The number of anilines is 1. The Labute approximate surface area is 132 Å². The summed E-state index contributed by atoms with van der Waals surface area (Å²) in [4.78, 5) is 23.9. The van der Waals surface area contributed by atoms with Crippen LogP contribution < -0.4 is 5.32 Å². The highest BCUT2D eigenvalue weighted by Crippen LogP contribution is 2.21. The Balaban J connectivity index is 2.01. The third-order valence-corrected chi connectivity index (χ3v) is 3.24. The van der Waals surface area contributed by atoms with Crippen molar-refractivity contribution in [3.63, 3.8) is 0 Å². The maximum absolute atomic E-state index is 12.0. The minimum atomic E-state index is -1.04. The van der Waals surface area contributed by atoms with Crippen LogP contribution in [0.4, 0.5) is 5.69 Å². The Morgan fingerprint density at radius 2 is 1.77 bits per heavy atom. The molecule has 0 heterocycles. The zero-order valence-corrected chi connectivity index (χ0v) is 12.5. The van der Waals surface area contributed by atoms with Crippen molar-refractivity contribution in [3.8, 4) is 5.75 Å². The second-order valence-corrected chi connectivity index (χ2v) is 4.94. The number of para-hydroxylation sites is 2. The number of esters is 1. The van der Waals surface area contributed by atoms with Gasteiger partial charge < -0.3 is 15.2 Å². The van der Waals surface area contributed by atoms with Gasteiger partial charge in [-0.3, -0.25) is 4.79 Å². The van der Waals surface area contributed by atoms with E-state index in [1.54, 1.807) is 36.4 Å². The first-order valence-corrected chi connectivity index (χ1v) is 6.91.